The summed E-state index contributed by atoms with van der Waals surface area (Å²) >= 11 is 0. The second-order valence-electron chi connectivity index (χ2n) is 6.77. The summed E-state index contributed by atoms with van der Waals surface area (Å²) in [6.07, 6.45) is 10.9. The first-order valence-corrected chi connectivity index (χ1v) is 8.90. The van der Waals surface area contributed by atoms with Crippen molar-refractivity contribution in [1.29, 1.82) is 0 Å². The average molecular weight is 290 g/mol. The molecule has 1 heteroatoms. The van der Waals surface area contributed by atoms with Gasteiger partial charge in [-0.3, -0.25) is 0 Å². The number of aliphatic hydroxyl groups excluding tert-OH is 1. The van der Waals surface area contributed by atoms with E-state index in [9.17, 15) is 5.11 Å². The Bertz CT molecular complexity index is 353. The minimum absolute atomic E-state index is 0.284. The van der Waals surface area contributed by atoms with Gasteiger partial charge in [-0.2, -0.15) is 0 Å². The zero-order chi connectivity index (χ0) is 15.5. The van der Waals surface area contributed by atoms with Crippen LogP contribution >= 0.6 is 0 Å². The molecule has 1 N–H and O–H groups in total. The molecule has 1 atom stereocenters. The molecule has 0 spiro atoms. The molecule has 1 rings (SSSR count). The van der Waals surface area contributed by atoms with Crippen LogP contribution in [0.15, 0.2) is 24.3 Å². The Morgan fingerprint density at radius 1 is 0.857 bits per heavy atom. The predicted molar refractivity (Wildman–Crippen MR) is 92.6 cm³/mol. The van der Waals surface area contributed by atoms with E-state index in [1.807, 2.05) is 0 Å². The number of unbranched alkanes of at least 4 members (excludes halogenated alkanes) is 6. The summed E-state index contributed by atoms with van der Waals surface area (Å²) in [5.41, 5.74) is 2.45. The van der Waals surface area contributed by atoms with Crippen molar-refractivity contribution in [3.05, 3.63) is 35.4 Å². The lowest BCUT2D eigenvalue weighted by Gasteiger charge is -2.12. The maximum Gasteiger partial charge on any atom is 0.0790 e. The molecule has 1 nitrogen and oxygen atoms in total. The van der Waals surface area contributed by atoms with E-state index in [2.05, 4.69) is 45.0 Å². The second kappa shape index (κ2) is 10.8. The standard InChI is InChI=1S/C20H34O/c1-4-5-6-7-8-9-10-11-20(21)19-14-12-18(13-15-19)16-17(2)3/h12-15,17,20-21H,4-11,16H2,1-3H3. The average Bonchev–Trinajstić information content (AvgIpc) is 2.46. The van der Waals surface area contributed by atoms with Crippen molar-refractivity contribution in [1.82, 2.24) is 0 Å². The van der Waals surface area contributed by atoms with Crippen LogP contribution in [-0.2, 0) is 6.42 Å². The summed E-state index contributed by atoms with van der Waals surface area (Å²) in [7, 11) is 0. The lowest BCUT2D eigenvalue weighted by atomic mass is 9.98. The molecule has 0 fully saturated rings. The lowest BCUT2D eigenvalue weighted by Crippen LogP contribution is -1.99. The van der Waals surface area contributed by atoms with Gasteiger partial charge in [0.1, 0.15) is 0 Å². The highest BCUT2D eigenvalue weighted by atomic mass is 16.3. The van der Waals surface area contributed by atoms with Gasteiger partial charge in [-0.15, -0.1) is 0 Å². The summed E-state index contributed by atoms with van der Waals surface area (Å²) < 4.78 is 0. The smallest absolute Gasteiger partial charge is 0.0790 e. The van der Waals surface area contributed by atoms with Crippen LogP contribution in [0.25, 0.3) is 0 Å². The van der Waals surface area contributed by atoms with Crippen LogP contribution in [0.3, 0.4) is 0 Å². The van der Waals surface area contributed by atoms with Gasteiger partial charge < -0.3 is 5.11 Å². The maximum atomic E-state index is 10.2. The van der Waals surface area contributed by atoms with Gasteiger partial charge in [0.05, 0.1) is 6.10 Å². The predicted octanol–water partition coefficient (Wildman–Crippen LogP) is 6.06. The molecule has 0 saturated heterocycles. The normalized spacial score (nSPS) is 12.8. The molecule has 1 aromatic rings. The van der Waals surface area contributed by atoms with E-state index in [1.165, 1.54) is 44.1 Å². The Hall–Kier alpha value is -0.820. The minimum Gasteiger partial charge on any atom is -0.388 e. The highest BCUT2D eigenvalue weighted by molar-refractivity contribution is 5.24. The summed E-state index contributed by atoms with van der Waals surface area (Å²) in [6, 6.07) is 8.54. The van der Waals surface area contributed by atoms with Crippen molar-refractivity contribution >= 4 is 0 Å². The largest absolute Gasteiger partial charge is 0.388 e. The molecular formula is C20H34O. The maximum absolute atomic E-state index is 10.2. The summed E-state index contributed by atoms with van der Waals surface area (Å²) in [5.74, 6) is 0.688. The first-order chi connectivity index (χ1) is 10.1. The SMILES string of the molecule is CCCCCCCCCC(O)c1ccc(CC(C)C)cc1. The Morgan fingerprint density at radius 2 is 1.43 bits per heavy atom. The van der Waals surface area contributed by atoms with Crippen LogP contribution in [0.5, 0.6) is 0 Å². The van der Waals surface area contributed by atoms with Crippen molar-refractivity contribution in [2.45, 2.75) is 84.7 Å². The highest BCUT2D eigenvalue weighted by Crippen LogP contribution is 2.21. The molecule has 21 heavy (non-hydrogen) atoms. The van der Waals surface area contributed by atoms with Crippen molar-refractivity contribution in [2.24, 2.45) is 5.92 Å². The van der Waals surface area contributed by atoms with E-state index in [-0.39, 0.29) is 6.10 Å². The Labute approximate surface area is 131 Å². The zero-order valence-corrected chi connectivity index (χ0v) is 14.3. The summed E-state index contributed by atoms with van der Waals surface area (Å²) in [6.45, 7) is 6.73. The fourth-order valence-corrected chi connectivity index (χ4v) is 2.81. The van der Waals surface area contributed by atoms with Crippen LogP contribution in [0, 0.1) is 5.92 Å². The molecular weight excluding hydrogens is 256 g/mol. The molecule has 120 valence electrons. The molecule has 0 amide bonds. The van der Waals surface area contributed by atoms with Gasteiger partial charge in [-0.25, -0.2) is 0 Å². The molecule has 0 aliphatic heterocycles. The third kappa shape index (κ3) is 8.26. The van der Waals surface area contributed by atoms with Crippen LogP contribution in [-0.4, -0.2) is 5.11 Å². The van der Waals surface area contributed by atoms with E-state index >= 15 is 0 Å². The number of aliphatic hydroxyl groups is 1. The van der Waals surface area contributed by atoms with Crippen molar-refractivity contribution < 1.29 is 5.11 Å². The molecule has 1 unspecified atom stereocenters. The van der Waals surface area contributed by atoms with Gasteiger partial charge in [0.15, 0.2) is 0 Å². The first kappa shape index (κ1) is 18.2. The van der Waals surface area contributed by atoms with Gasteiger partial charge >= 0.3 is 0 Å². The molecule has 0 saturated carbocycles. The number of hydrogen-bond acceptors (Lipinski definition) is 1. The van der Waals surface area contributed by atoms with Crippen LogP contribution < -0.4 is 0 Å². The quantitative estimate of drug-likeness (QED) is 0.491. The van der Waals surface area contributed by atoms with E-state index in [4.69, 9.17) is 0 Å². The van der Waals surface area contributed by atoms with Crippen LogP contribution in [0.4, 0.5) is 0 Å². The Balaban J connectivity index is 2.21. The third-order valence-corrected chi connectivity index (χ3v) is 4.09. The van der Waals surface area contributed by atoms with Gasteiger partial charge in [0, 0.05) is 0 Å². The van der Waals surface area contributed by atoms with Crippen molar-refractivity contribution in [3.8, 4) is 0 Å². The highest BCUT2D eigenvalue weighted by Gasteiger charge is 2.07. The number of benzene rings is 1. The van der Waals surface area contributed by atoms with Crippen LogP contribution in [0.1, 0.15) is 89.4 Å². The van der Waals surface area contributed by atoms with E-state index < -0.39 is 0 Å². The zero-order valence-electron chi connectivity index (χ0n) is 14.3. The molecule has 0 radical (unpaired) electrons. The molecule has 0 bridgehead atoms. The lowest BCUT2D eigenvalue weighted by molar-refractivity contribution is 0.163. The van der Waals surface area contributed by atoms with Gasteiger partial charge in [0.25, 0.3) is 0 Å². The topological polar surface area (TPSA) is 20.2 Å². The van der Waals surface area contributed by atoms with Crippen molar-refractivity contribution in [2.75, 3.05) is 0 Å². The second-order valence-corrected chi connectivity index (χ2v) is 6.77. The number of rotatable bonds is 11. The van der Waals surface area contributed by atoms with E-state index in [1.54, 1.807) is 0 Å². The summed E-state index contributed by atoms with van der Waals surface area (Å²) in [4.78, 5) is 0. The van der Waals surface area contributed by atoms with Crippen molar-refractivity contribution in [3.63, 3.8) is 0 Å². The number of hydrogen-bond donors (Lipinski definition) is 1. The fourth-order valence-electron chi connectivity index (χ4n) is 2.81. The molecule has 0 aromatic heterocycles. The minimum atomic E-state index is -0.284. The molecule has 1 aromatic carbocycles. The Kier molecular flexibility index (Phi) is 9.41. The Morgan fingerprint density at radius 3 is 2.00 bits per heavy atom. The fraction of sp³-hybridized carbons (Fsp3) is 0.700. The van der Waals surface area contributed by atoms with E-state index in [0.29, 0.717) is 5.92 Å². The summed E-state index contributed by atoms with van der Waals surface area (Å²) in [5, 5.41) is 10.2. The molecule has 0 heterocycles. The monoisotopic (exact) mass is 290 g/mol. The van der Waals surface area contributed by atoms with Crippen LogP contribution in [0.2, 0.25) is 0 Å². The van der Waals surface area contributed by atoms with Gasteiger partial charge in [-0.05, 0) is 29.9 Å². The van der Waals surface area contributed by atoms with E-state index in [0.717, 1.165) is 24.8 Å². The molecule has 0 aliphatic rings. The third-order valence-electron chi connectivity index (χ3n) is 4.09. The first-order valence-electron chi connectivity index (χ1n) is 8.90. The van der Waals surface area contributed by atoms with Gasteiger partial charge in [0.2, 0.25) is 0 Å². The molecule has 0 aliphatic carbocycles. The van der Waals surface area contributed by atoms with Gasteiger partial charge in [-0.1, -0.05) is 90.0 Å².